The van der Waals surface area contributed by atoms with Crippen molar-refractivity contribution in [1.29, 1.82) is 10.5 Å². The van der Waals surface area contributed by atoms with E-state index in [9.17, 15) is 0 Å². The first-order valence-corrected chi connectivity index (χ1v) is 4.58. The van der Waals surface area contributed by atoms with Gasteiger partial charge < -0.3 is 0 Å². The molecule has 0 atom stereocenters. The lowest BCUT2D eigenvalue weighted by molar-refractivity contribution is 1.41. The molecule has 1 aromatic heterocycles. The number of allylic oxidation sites excluding steroid dienone is 1. The number of hydrogen-bond acceptors (Lipinski definition) is 4. The van der Waals surface area contributed by atoms with E-state index in [0.29, 0.717) is 4.88 Å². The number of hydrogen-bond donors (Lipinski definition) is 0. The van der Waals surface area contributed by atoms with Crippen LogP contribution >= 0.6 is 34.5 Å². The minimum atomic E-state index is -0.0257. The Hall–Kier alpha value is -1.07. The van der Waals surface area contributed by atoms with Gasteiger partial charge in [-0.15, -0.1) is 11.3 Å². The van der Waals surface area contributed by atoms with Gasteiger partial charge in [0.15, 0.2) is 4.47 Å². The van der Waals surface area contributed by atoms with E-state index in [0.717, 1.165) is 11.3 Å². The summed E-state index contributed by atoms with van der Waals surface area (Å²) in [5, 5.41) is 17.1. The molecule has 0 N–H and O–H groups in total. The van der Waals surface area contributed by atoms with Crippen molar-refractivity contribution in [1.82, 2.24) is 4.98 Å². The van der Waals surface area contributed by atoms with Crippen LogP contribution in [0.5, 0.6) is 0 Å². The van der Waals surface area contributed by atoms with Crippen LogP contribution in [0.15, 0.2) is 5.57 Å². The van der Waals surface area contributed by atoms with Gasteiger partial charge in [0.25, 0.3) is 0 Å². The Morgan fingerprint density at radius 2 is 2.00 bits per heavy atom. The molecular weight excluding hydrogens is 229 g/mol. The fraction of sp³-hybridized carbons (Fsp3) is 0. The van der Waals surface area contributed by atoms with E-state index in [1.165, 1.54) is 6.08 Å². The monoisotopic (exact) mass is 229 g/mol. The summed E-state index contributed by atoms with van der Waals surface area (Å²) < 4.78 is 0.284. The highest BCUT2D eigenvalue weighted by molar-refractivity contribution is 7.17. The Labute approximate surface area is 88.5 Å². The number of thiazole rings is 1. The highest BCUT2D eigenvalue weighted by Gasteiger charge is 2.06. The van der Waals surface area contributed by atoms with Crippen molar-refractivity contribution >= 4 is 40.6 Å². The number of aromatic nitrogens is 1. The van der Waals surface area contributed by atoms with E-state index in [4.69, 9.17) is 33.7 Å². The summed E-state index contributed by atoms with van der Waals surface area (Å²) in [4.78, 5) is 4.24. The molecule has 1 aromatic rings. The van der Waals surface area contributed by atoms with Gasteiger partial charge in [0, 0.05) is 0 Å². The van der Waals surface area contributed by atoms with Crippen LogP contribution in [0.3, 0.4) is 0 Å². The number of halogens is 2. The predicted octanol–water partition coefficient (Wildman–Crippen LogP) is 2.88. The second kappa shape index (κ2) is 4.25. The zero-order valence-corrected chi connectivity index (χ0v) is 8.41. The normalized spacial score (nSPS) is 8.62. The lowest BCUT2D eigenvalue weighted by Crippen LogP contribution is -1.71. The lowest BCUT2D eigenvalue weighted by Gasteiger charge is -1.83. The van der Waals surface area contributed by atoms with Gasteiger partial charge in [0.2, 0.25) is 0 Å². The molecule has 13 heavy (non-hydrogen) atoms. The molecule has 0 aliphatic rings. The molecule has 1 rings (SSSR count). The molecule has 64 valence electrons. The van der Waals surface area contributed by atoms with Crippen LogP contribution in [0.25, 0.3) is 6.08 Å². The smallest absolute Gasteiger partial charge is 0.185 e. The van der Waals surface area contributed by atoms with E-state index < -0.39 is 0 Å². The highest BCUT2D eigenvalue weighted by Crippen LogP contribution is 2.28. The van der Waals surface area contributed by atoms with E-state index in [2.05, 4.69) is 4.98 Å². The van der Waals surface area contributed by atoms with Gasteiger partial charge in [-0.2, -0.15) is 10.5 Å². The zero-order valence-electron chi connectivity index (χ0n) is 6.08. The second-order valence-electron chi connectivity index (χ2n) is 1.90. The lowest BCUT2D eigenvalue weighted by atomic mass is 10.3. The second-order valence-corrected chi connectivity index (χ2v) is 3.87. The van der Waals surface area contributed by atoms with Crippen LogP contribution in [-0.4, -0.2) is 4.98 Å². The van der Waals surface area contributed by atoms with Crippen molar-refractivity contribution < 1.29 is 0 Å². The van der Waals surface area contributed by atoms with E-state index >= 15 is 0 Å². The Morgan fingerprint density at radius 1 is 1.38 bits per heavy atom. The maximum absolute atomic E-state index is 8.45. The molecule has 0 amide bonds. The largest absolute Gasteiger partial charge is 0.212 e. The van der Waals surface area contributed by atoms with Gasteiger partial charge in [-0.05, 0) is 6.08 Å². The average molecular weight is 230 g/mol. The molecule has 0 spiro atoms. The Balaban J connectivity index is 3.13. The third kappa shape index (κ3) is 2.43. The molecule has 1 heterocycles. The summed E-state index contributed by atoms with van der Waals surface area (Å²) in [5.74, 6) is 0. The Kier molecular flexibility index (Phi) is 3.27. The van der Waals surface area contributed by atoms with Crippen molar-refractivity contribution in [3.8, 4) is 12.1 Å². The van der Waals surface area contributed by atoms with Crippen LogP contribution in [0, 0.1) is 22.7 Å². The van der Waals surface area contributed by atoms with Crippen LogP contribution < -0.4 is 0 Å². The first kappa shape index (κ1) is 10.0. The summed E-state index contributed by atoms with van der Waals surface area (Å²) in [5.41, 5.74) is -0.0257. The standard InChI is InChI=1S/C7HCl2N3S/c8-6-5(13-7(9)12-6)1-4(2-10)3-11/h1H. The molecule has 0 saturated heterocycles. The Morgan fingerprint density at radius 3 is 2.38 bits per heavy atom. The van der Waals surface area contributed by atoms with Gasteiger partial charge in [0.1, 0.15) is 22.9 Å². The number of nitriles is 2. The van der Waals surface area contributed by atoms with Crippen LogP contribution in [0.2, 0.25) is 9.62 Å². The van der Waals surface area contributed by atoms with E-state index in [1.807, 2.05) is 0 Å². The fourth-order valence-electron chi connectivity index (χ4n) is 0.598. The molecule has 0 aliphatic heterocycles. The van der Waals surface area contributed by atoms with E-state index in [-0.39, 0.29) is 15.2 Å². The SMILES string of the molecule is N#CC(C#N)=Cc1sc(Cl)nc1Cl. The van der Waals surface area contributed by atoms with Crippen molar-refractivity contribution in [2.75, 3.05) is 0 Å². The molecule has 3 nitrogen and oxygen atoms in total. The molecule has 0 bridgehead atoms. The van der Waals surface area contributed by atoms with Gasteiger partial charge in [0.05, 0.1) is 4.88 Å². The zero-order chi connectivity index (χ0) is 9.84. The molecule has 0 saturated carbocycles. The first-order valence-electron chi connectivity index (χ1n) is 3.01. The molecule has 0 radical (unpaired) electrons. The number of nitrogens with zero attached hydrogens (tertiary/aromatic N) is 3. The molecule has 6 heteroatoms. The average Bonchev–Trinajstić information content (AvgIpc) is 2.41. The van der Waals surface area contributed by atoms with Crippen LogP contribution in [-0.2, 0) is 0 Å². The third-order valence-electron chi connectivity index (χ3n) is 1.10. The van der Waals surface area contributed by atoms with Crippen LogP contribution in [0.1, 0.15) is 4.88 Å². The topological polar surface area (TPSA) is 60.5 Å². The van der Waals surface area contributed by atoms with Gasteiger partial charge in [-0.25, -0.2) is 4.98 Å². The van der Waals surface area contributed by atoms with Crippen molar-refractivity contribution in [3.05, 3.63) is 20.1 Å². The van der Waals surface area contributed by atoms with Crippen LogP contribution in [0.4, 0.5) is 0 Å². The minimum absolute atomic E-state index is 0.0257. The van der Waals surface area contributed by atoms with Gasteiger partial charge >= 0.3 is 0 Å². The van der Waals surface area contributed by atoms with Crippen molar-refractivity contribution in [2.24, 2.45) is 0 Å². The number of rotatable bonds is 1. The summed E-state index contributed by atoms with van der Waals surface area (Å²) >= 11 is 12.3. The molecule has 0 aromatic carbocycles. The maximum atomic E-state index is 8.45. The third-order valence-corrected chi connectivity index (χ3v) is 2.61. The predicted molar refractivity (Wildman–Crippen MR) is 51.3 cm³/mol. The highest BCUT2D eigenvalue weighted by atomic mass is 35.5. The fourth-order valence-corrected chi connectivity index (χ4v) is 1.90. The summed E-state index contributed by atoms with van der Waals surface area (Å²) in [7, 11) is 0. The molecule has 0 fully saturated rings. The minimum Gasteiger partial charge on any atom is -0.212 e. The van der Waals surface area contributed by atoms with Gasteiger partial charge in [-0.3, -0.25) is 0 Å². The quantitative estimate of drug-likeness (QED) is 0.697. The van der Waals surface area contributed by atoms with Crippen molar-refractivity contribution in [3.63, 3.8) is 0 Å². The van der Waals surface area contributed by atoms with Crippen molar-refractivity contribution in [2.45, 2.75) is 0 Å². The molecule has 0 unspecified atom stereocenters. The summed E-state index contributed by atoms with van der Waals surface area (Å²) in [6, 6.07) is 3.43. The first-order chi connectivity index (χ1) is 6.17. The molecular formula is C7HCl2N3S. The maximum Gasteiger partial charge on any atom is 0.185 e. The molecule has 0 aliphatic carbocycles. The Bertz CT molecular complexity index is 420. The van der Waals surface area contributed by atoms with Gasteiger partial charge in [-0.1, -0.05) is 23.2 Å². The van der Waals surface area contributed by atoms with E-state index in [1.54, 1.807) is 12.1 Å². The summed E-state index contributed by atoms with van der Waals surface area (Å²) in [6.45, 7) is 0. The summed E-state index contributed by atoms with van der Waals surface area (Å²) in [6.07, 6.45) is 1.35.